The summed E-state index contributed by atoms with van der Waals surface area (Å²) in [6.07, 6.45) is 2.86. The zero-order valence-corrected chi connectivity index (χ0v) is 8.09. The van der Waals surface area contributed by atoms with Gasteiger partial charge < -0.3 is 5.32 Å². The summed E-state index contributed by atoms with van der Waals surface area (Å²) >= 11 is 0. The van der Waals surface area contributed by atoms with E-state index < -0.39 is 0 Å². The van der Waals surface area contributed by atoms with Gasteiger partial charge in [0, 0.05) is 12.5 Å². The Hall–Kier alpha value is -1.15. The molecule has 1 aliphatic rings. The molecule has 14 heavy (non-hydrogen) atoms. The van der Waals surface area contributed by atoms with Crippen LogP contribution >= 0.6 is 0 Å². The second-order valence-electron chi connectivity index (χ2n) is 3.64. The molecule has 1 unspecified atom stereocenters. The number of benzene rings is 1. The maximum Gasteiger partial charge on any atom is 0.123 e. The molecule has 2 heteroatoms. The van der Waals surface area contributed by atoms with Crippen LogP contribution in [0.15, 0.2) is 30.9 Å². The van der Waals surface area contributed by atoms with Crippen LogP contribution in [0.2, 0.25) is 0 Å². The van der Waals surface area contributed by atoms with E-state index >= 15 is 0 Å². The number of fused-ring (bicyclic) bond motifs is 1. The minimum atomic E-state index is -0.155. The molecular formula is C12H14FN. The number of hydrogen-bond acceptors (Lipinski definition) is 1. The minimum absolute atomic E-state index is 0.155. The van der Waals surface area contributed by atoms with Gasteiger partial charge in [-0.05, 0) is 36.2 Å². The van der Waals surface area contributed by atoms with Crippen LogP contribution in [0.3, 0.4) is 0 Å². The van der Waals surface area contributed by atoms with Gasteiger partial charge in [-0.3, -0.25) is 0 Å². The van der Waals surface area contributed by atoms with E-state index in [4.69, 9.17) is 0 Å². The second kappa shape index (κ2) is 3.93. The van der Waals surface area contributed by atoms with Gasteiger partial charge in [-0.15, -0.1) is 6.58 Å². The van der Waals surface area contributed by atoms with E-state index in [1.165, 1.54) is 11.6 Å². The van der Waals surface area contributed by atoms with Crippen LogP contribution in [0.5, 0.6) is 0 Å². The molecule has 0 aromatic heterocycles. The van der Waals surface area contributed by atoms with Crippen molar-refractivity contribution in [3.63, 3.8) is 0 Å². The van der Waals surface area contributed by atoms with E-state index in [0.29, 0.717) is 0 Å². The van der Waals surface area contributed by atoms with Gasteiger partial charge in [0.15, 0.2) is 0 Å². The van der Waals surface area contributed by atoms with Crippen molar-refractivity contribution in [2.24, 2.45) is 0 Å². The highest BCUT2D eigenvalue weighted by atomic mass is 19.1. The van der Waals surface area contributed by atoms with Crippen molar-refractivity contribution in [1.82, 2.24) is 5.32 Å². The van der Waals surface area contributed by atoms with Crippen molar-refractivity contribution >= 4 is 0 Å². The molecule has 74 valence electrons. The van der Waals surface area contributed by atoms with Gasteiger partial charge in [-0.1, -0.05) is 12.1 Å². The number of rotatable bonds is 1. The summed E-state index contributed by atoms with van der Waals surface area (Å²) in [7, 11) is 0. The molecule has 2 rings (SSSR count). The van der Waals surface area contributed by atoms with Crippen molar-refractivity contribution in [2.75, 3.05) is 13.1 Å². The van der Waals surface area contributed by atoms with Gasteiger partial charge in [-0.2, -0.15) is 0 Å². The largest absolute Gasteiger partial charge is 0.315 e. The lowest BCUT2D eigenvalue weighted by molar-refractivity contribution is 0.622. The minimum Gasteiger partial charge on any atom is -0.315 e. The third-order valence-electron chi connectivity index (χ3n) is 2.73. The quantitative estimate of drug-likeness (QED) is 0.671. The standard InChI is InChI=1S/C12H14FN/c1-2-9-8-14-6-5-10-3-4-11(13)7-12(9)10/h2-4,7,9,14H,1,5-6,8H2. The normalized spacial score (nSPS) is 21.1. The van der Waals surface area contributed by atoms with Crippen LogP contribution in [-0.4, -0.2) is 13.1 Å². The summed E-state index contributed by atoms with van der Waals surface area (Å²) in [6.45, 7) is 5.61. The summed E-state index contributed by atoms with van der Waals surface area (Å²) in [5.41, 5.74) is 2.33. The van der Waals surface area contributed by atoms with Crippen LogP contribution in [0.1, 0.15) is 17.0 Å². The van der Waals surface area contributed by atoms with Crippen molar-refractivity contribution in [2.45, 2.75) is 12.3 Å². The van der Waals surface area contributed by atoms with E-state index in [2.05, 4.69) is 11.9 Å². The topological polar surface area (TPSA) is 12.0 Å². The number of nitrogens with one attached hydrogen (secondary N) is 1. The van der Waals surface area contributed by atoms with Gasteiger partial charge >= 0.3 is 0 Å². The molecular weight excluding hydrogens is 177 g/mol. The first-order valence-corrected chi connectivity index (χ1v) is 4.93. The van der Waals surface area contributed by atoms with Crippen LogP contribution in [-0.2, 0) is 6.42 Å². The van der Waals surface area contributed by atoms with E-state index in [0.717, 1.165) is 25.1 Å². The number of halogens is 1. The summed E-state index contributed by atoms with van der Waals surface area (Å²) in [4.78, 5) is 0. The molecule has 1 aromatic carbocycles. The Morgan fingerprint density at radius 1 is 1.50 bits per heavy atom. The maximum absolute atomic E-state index is 13.1. The summed E-state index contributed by atoms with van der Waals surface area (Å²) in [5, 5.41) is 3.32. The summed E-state index contributed by atoms with van der Waals surface area (Å²) in [6, 6.07) is 5.05. The van der Waals surface area contributed by atoms with Gasteiger partial charge in [-0.25, -0.2) is 4.39 Å². The summed E-state index contributed by atoms with van der Waals surface area (Å²) in [5.74, 6) is 0.0840. The Bertz CT molecular complexity index is 346. The third kappa shape index (κ3) is 1.70. The first-order chi connectivity index (χ1) is 6.81. The van der Waals surface area contributed by atoms with Crippen LogP contribution in [0, 0.1) is 5.82 Å². The predicted octanol–water partition coefficient (Wildman–Crippen LogP) is 2.24. The van der Waals surface area contributed by atoms with Gasteiger partial charge in [0.1, 0.15) is 5.82 Å². The van der Waals surface area contributed by atoms with E-state index in [1.807, 2.05) is 12.1 Å². The first kappa shape index (κ1) is 9.41. The molecule has 1 nitrogen and oxygen atoms in total. The molecule has 1 aliphatic heterocycles. The molecule has 1 heterocycles. The first-order valence-electron chi connectivity index (χ1n) is 4.93. The highest BCUT2D eigenvalue weighted by Crippen LogP contribution is 2.24. The smallest absolute Gasteiger partial charge is 0.123 e. The van der Waals surface area contributed by atoms with Crippen molar-refractivity contribution in [1.29, 1.82) is 0 Å². The molecule has 0 aliphatic carbocycles. The molecule has 0 fully saturated rings. The molecule has 0 saturated heterocycles. The summed E-state index contributed by atoms with van der Waals surface area (Å²) < 4.78 is 13.1. The lowest BCUT2D eigenvalue weighted by Crippen LogP contribution is -2.19. The fraction of sp³-hybridized carbons (Fsp3) is 0.333. The maximum atomic E-state index is 13.1. The highest BCUT2D eigenvalue weighted by molar-refractivity contribution is 5.35. The molecule has 0 spiro atoms. The molecule has 0 bridgehead atoms. The average molecular weight is 191 g/mol. The molecule has 1 aromatic rings. The molecule has 0 amide bonds. The zero-order chi connectivity index (χ0) is 9.97. The highest BCUT2D eigenvalue weighted by Gasteiger charge is 2.15. The Kier molecular flexibility index (Phi) is 2.64. The van der Waals surface area contributed by atoms with E-state index in [-0.39, 0.29) is 11.7 Å². The van der Waals surface area contributed by atoms with Gasteiger partial charge in [0.2, 0.25) is 0 Å². The van der Waals surface area contributed by atoms with Crippen molar-refractivity contribution < 1.29 is 4.39 Å². The average Bonchev–Trinajstić information content (AvgIpc) is 2.39. The van der Waals surface area contributed by atoms with Crippen molar-refractivity contribution in [3.05, 3.63) is 47.8 Å². The fourth-order valence-corrected chi connectivity index (χ4v) is 1.94. The predicted molar refractivity (Wildman–Crippen MR) is 55.9 cm³/mol. The Morgan fingerprint density at radius 2 is 2.36 bits per heavy atom. The lowest BCUT2D eigenvalue weighted by atomic mass is 9.94. The van der Waals surface area contributed by atoms with Crippen molar-refractivity contribution in [3.8, 4) is 0 Å². The zero-order valence-electron chi connectivity index (χ0n) is 8.09. The molecule has 1 atom stereocenters. The lowest BCUT2D eigenvalue weighted by Gasteiger charge is -2.12. The van der Waals surface area contributed by atoms with E-state index in [9.17, 15) is 4.39 Å². The van der Waals surface area contributed by atoms with E-state index in [1.54, 1.807) is 6.07 Å². The second-order valence-corrected chi connectivity index (χ2v) is 3.64. The van der Waals surface area contributed by atoms with Crippen LogP contribution < -0.4 is 5.32 Å². The fourth-order valence-electron chi connectivity index (χ4n) is 1.94. The number of hydrogen-bond donors (Lipinski definition) is 1. The monoisotopic (exact) mass is 191 g/mol. The molecule has 1 N–H and O–H groups in total. The Labute approximate surface area is 83.6 Å². The Morgan fingerprint density at radius 3 is 3.14 bits per heavy atom. The SMILES string of the molecule is C=CC1CNCCc2ccc(F)cc21. The van der Waals surface area contributed by atoms with Gasteiger partial charge in [0.25, 0.3) is 0 Å². The van der Waals surface area contributed by atoms with Gasteiger partial charge in [0.05, 0.1) is 0 Å². The van der Waals surface area contributed by atoms with Crippen LogP contribution in [0.25, 0.3) is 0 Å². The molecule has 0 saturated carbocycles. The third-order valence-corrected chi connectivity index (χ3v) is 2.73. The van der Waals surface area contributed by atoms with Crippen LogP contribution in [0.4, 0.5) is 4.39 Å². The molecule has 0 radical (unpaired) electrons. The Balaban J connectivity index is 2.45.